The third-order valence-corrected chi connectivity index (χ3v) is 5.71. The summed E-state index contributed by atoms with van der Waals surface area (Å²) in [5.74, 6) is 0.564. The molecule has 0 saturated carbocycles. The van der Waals surface area contributed by atoms with Gasteiger partial charge in [-0.05, 0) is 62.0 Å². The van der Waals surface area contributed by atoms with Gasteiger partial charge in [0.05, 0.1) is 17.4 Å². The van der Waals surface area contributed by atoms with Gasteiger partial charge in [-0.15, -0.1) is 5.10 Å². The Bertz CT molecular complexity index is 1160. The molecule has 0 unspecified atom stereocenters. The molecule has 0 aliphatic carbocycles. The number of rotatable bonds is 4. The lowest BCUT2D eigenvalue weighted by molar-refractivity contribution is 0.313. The van der Waals surface area contributed by atoms with Crippen molar-refractivity contribution in [3.63, 3.8) is 0 Å². The number of nitrogens with zero attached hydrogens (tertiary/aromatic N) is 6. The third kappa shape index (κ3) is 3.59. The summed E-state index contributed by atoms with van der Waals surface area (Å²) in [4.78, 5) is 13.5. The second-order valence-electron chi connectivity index (χ2n) is 7.79. The molecule has 0 radical (unpaired) electrons. The van der Waals surface area contributed by atoms with E-state index in [0.717, 1.165) is 54.2 Å². The molecule has 5 rings (SSSR count). The monoisotopic (exact) mass is 399 g/mol. The van der Waals surface area contributed by atoms with Gasteiger partial charge in [0.1, 0.15) is 0 Å². The van der Waals surface area contributed by atoms with Crippen molar-refractivity contribution in [2.45, 2.75) is 6.92 Å². The highest BCUT2D eigenvalue weighted by atomic mass is 15.3. The first-order valence-electron chi connectivity index (χ1n) is 10.2. The lowest BCUT2D eigenvalue weighted by Gasteiger charge is -2.34. The number of aryl methyl sites for hydroxylation is 1. The number of hydrogen-bond acceptors (Lipinski definition) is 6. The van der Waals surface area contributed by atoms with Crippen molar-refractivity contribution in [3.05, 3.63) is 66.6 Å². The Morgan fingerprint density at radius 3 is 2.47 bits per heavy atom. The van der Waals surface area contributed by atoms with E-state index in [9.17, 15) is 0 Å². The van der Waals surface area contributed by atoms with Gasteiger partial charge in [-0.1, -0.05) is 0 Å². The van der Waals surface area contributed by atoms with E-state index in [0.29, 0.717) is 5.95 Å². The van der Waals surface area contributed by atoms with Crippen LogP contribution in [0.25, 0.3) is 16.8 Å². The minimum atomic E-state index is 0.564. The van der Waals surface area contributed by atoms with Gasteiger partial charge in [0.15, 0.2) is 0 Å². The Morgan fingerprint density at radius 1 is 0.900 bits per heavy atom. The fraction of sp³-hybridized carbons (Fsp3) is 0.261. The van der Waals surface area contributed by atoms with Gasteiger partial charge in [-0.25, -0.2) is 9.50 Å². The third-order valence-electron chi connectivity index (χ3n) is 5.71. The molecule has 1 N–H and O–H groups in total. The summed E-state index contributed by atoms with van der Waals surface area (Å²) in [6, 6.07) is 14.6. The Balaban J connectivity index is 1.38. The predicted molar refractivity (Wildman–Crippen MR) is 120 cm³/mol. The Labute approximate surface area is 176 Å². The quantitative estimate of drug-likeness (QED) is 0.566. The summed E-state index contributed by atoms with van der Waals surface area (Å²) in [6.07, 6.45) is 5.52. The standard InChI is InChI=1S/C23H25N7/c1-17-9-10-24-16-21(17)22-8-7-20-15-25-23(27-30(20)22)26-18-3-5-19(6-4-18)29-13-11-28(2)12-14-29/h3-10,15-16H,11-14H2,1-2H3,(H,26,27). The van der Waals surface area contributed by atoms with Crippen LogP contribution in [0.2, 0.25) is 0 Å². The summed E-state index contributed by atoms with van der Waals surface area (Å²) < 4.78 is 1.91. The van der Waals surface area contributed by atoms with Crippen LogP contribution >= 0.6 is 0 Å². The van der Waals surface area contributed by atoms with Crippen LogP contribution in [0.3, 0.4) is 0 Å². The highest BCUT2D eigenvalue weighted by Crippen LogP contribution is 2.25. The highest BCUT2D eigenvalue weighted by Gasteiger charge is 2.14. The number of likely N-dealkylation sites (N-methyl/N-ethyl adjacent to an activating group) is 1. The number of aromatic nitrogens is 4. The van der Waals surface area contributed by atoms with Crippen LogP contribution in [0.5, 0.6) is 0 Å². The molecular weight excluding hydrogens is 374 g/mol. The molecule has 1 aliphatic heterocycles. The van der Waals surface area contributed by atoms with E-state index in [1.54, 1.807) is 0 Å². The van der Waals surface area contributed by atoms with Crippen LogP contribution in [-0.2, 0) is 0 Å². The number of anilines is 3. The molecule has 0 spiro atoms. The fourth-order valence-electron chi connectivity index (χ4n) is 3.84. The largest absolute Gasteiger partial charge is 0.369 e. The molecule has 1 aromatic carbocycles. The van der Waals surface area contributed by atoms with E-state index in [4.69, 9.17) is 5.10 Å². The average molecular weight is 400 g/mol. The maximum Gasteiger partial charge on any atom is 0.245 e. The van der Waals surface area contributed by atoms with Crippen LogP contribution in [0.4, 0.5) is 17.3 Å². The molecule has 0 atom stereocenters. The van der Waals surface area contributed by atoms with Gasteiger partial charge >= 0.3 is 0 Å². The number of pyridine rings is 1. The van der Waals surface area contributed by atoms with Gasteiger partial charge in [-0.3, -0.25) is 4.98 Å². The van der Waals surface area contributed by atoms with Crippen molar-refractivity contribution in [1.82, 2.24) is 24.5 Å². The van der Waals surface area contributed by atoms with Crippen molar-refractivity contribution in [2.75, 3.05) is 43.4 Å². The first kappa shape index (κ1) is 18.6. The molecule has 152 valence electrons. The van der Waals surface area contributed by atoms with E-state index >= 15 is 0 Å². The van der Waals surface area contributed by atoms with Gasteiger partial charge in [-0.2, -0.15) is 0 Å². The molecule has 0 amide bonds. The molecule has 1 fully saturated rings. The molecule has 1 saturated heterocycles. The van der Waals surface area contributed by atoms with Crippen molar-refractivity contribution in [3.8, 4) is 11.3 Å². The Morgan fingerprint density at radius 2 is 1.70 bits per heavy atom. The van der Waals surface area contributed by atoms with Crippen LogP contribution in [0.1, 0.15) is 5.56 Å². The van der Waals surface area contributed by atoms with Gasteiger partial charge in [0.2, 0.25) is 5.95 Å². The van der Waals surface area contributed by atoms with E-state index in [1.165, 1.54) is 5.69 Å². The van der Waals surface area contributed by atoms with E-state index in [-0.39, 0.29) is 0 Å². The minimum Gasteiger partial charge on any atom is -0.369 e. The summed E-state index contributed by atoms with van der Waals surface area (Å²) >= 11 is 0. The molecule has 7 heteroatoms. The molecule has 7 nitrogen and oxygen atoms in total. The lowest BCUT2D eigenvalue weighted by Crippen LogP contribution is -2.44. The zero-order chi connectivity index (χ0) is 20.5. The Kier molecular flexibility index (Phi) is 4.80. The number of benzene rings is 1. The maximum atomic E-state index is 4.72. The molecular formula is C23H25N7. The van der Waals surface area contributed by atoms with Gasteiger partial charge < -0.3 is 15.1 Å². The lowest BCUT2D eigenvalue weighted by atomic mass is 10.1. The normalized spacial score (nSPS) is 14.9. The average Bonchev–Trinajstić information content (AvgIpc) is 3.18. The molecule has 30 heavy (non-hydrogen) atoms. The van der Waals surface area contributed by atoms with Crippen LogP contribution in [0.15, 0.2) is 61.1 Å². The maximum absolute atomic E-state index is 4.72. The van der Waals surface area contributed by atoms with Crippen LogP contribution < -0.4 is 10.2 Å². The number of fused-ring (bicyclic) bond motifs is 1. The topological polar surface area (TPSA) is 61.6 Å². The predicted octanol–water partition coefficient (Wildman–Crippen LogP) is 3.60. The van der Waals surface area contributed by atoms with Crippen molar-refractivity contribution in [1.29, 1.82) is 0 Å². The van der Waals surface area contributed by atoms with Crippen molar-refractivity contribution >= 4 is 22.8 Å². The van der Waals surface area contributed by atoms with E-state index < -0.39 is 0 Å². The number of hydrogen-bond donors (Lipinski definition) is 1. The minimum absolute atomic E-state index is 0.564. The summed E-state index contributed by atoms with van der Waals surface area (Å²) in [5, 5.41) is 8.05. The first-order chi connectivity index (χ1) is 14.7. The SMILES string of the molecule is Cc1ccncc1-c1ccc2cnc(Nc3ccc(N4CCN(C)CC4)cc3)nn12. The van der Waals surface area contributed by atoms with Gasteiger partial charge in [0, 0.05) is 55.5 Å². The highest BCUT2D eigenvalue weighted by molar-refractivity contribution is 5.69. The first-order valence-corrected chi connectivity index (χ1v) is 10.2. The molecule has 4 heterocycles. The second kappa shape index (κ2) is 7.76. The van der Waals surface area contributed by atoms with Crippen LogP contribution in [-0.4, -0.2) is 57.7 Å². The van der Waals surface area contributed by atoms with E-state index in [1.807, 2.05) is 35.2 Å². The number of nitrogens with one attached hydrogen (secondary N) is 1. The number of piperazine rings is 1. The van der Waals surface area contributed by atoms with Crippen molar-refractivity contribution < 1.29 is 0 Å². The Hall–Kier alpha value is -3.45. The smallest absolute Gasteiger partial charge is 0.245 e. The molecule has 1 aliphatic rings. The molecule has 4 aromatic rings. The van der Waals surface area contributed by atoms with Crippen molar-refractivity contribution in [2.24, 2.45) is 0 Å². The summed E-state index contributed by atoms with van der Waals surface area (Å²) in [6.45, 7) is 6.41. The zero-order valence-corrected chi connectivity index (χ0v) is 17.3. The van der Waals surface area contributed by atoms with E-state index in [2.05, 4.69) is 69.4 Å². The molecule has 3 aromatic heterocycles. The van der Waals surface area contributed by atoms with Crippen LogP contribution in [0, 0.1) is 6.92 Å². The fourth-order valence-corrected chi connectivity index (χ4v) is 3.84. The second-order valence-corrected chi connectivity index (χ2v) is 7.79. The summed E-state index contributed by atoms with van der Waals surface area (Å²) in [5.41, 5.74) is 6.41. The zero-order valence-electron chi connectivity index (χ0n) is 17.3. The summed E-state index contributed by atoms with van der Waals surface area (Å²) in [7, 11) is 2.17. The van der Waals surface area contributed by atoms with Gasteiger partial charge in [0.25, 0.3) is 0 Å². The molecule has 0 bridgehead atoms.